The van der Waals surface area contributed by atoms with Gasteiger partial charge in [0.15, 0.2) is 0 Å². The minimum Gasteiger partial charge on any atom is -0.309 e. The zero-order valence-electron chi connectivity index (χ0n) is 28.0. The maximum absolute atomic E-state index is 4.76. The molecule has 4 heterocycles. The first-order valence-corrected chi connectivity index (χ1v) is 19.3. The monoisotopic (exact) mass is 698 g/mol. The number of hydrogen-bond acceptors (Lipinski definition) is 3. The molecule has 0 unspecified atom stereocenters. The van der Waals surface area contributed by atoms with Crippen molar-refractivity contribution in [2.75, 3.05) is 0 Å². The fourth-order valence-electron chi connectivity index (χ4n) is 8.67. The lowest BCUT2D eigenvalue weighted by Gasteiger charge is -2.46. The molecule has 52 heavy (non-hydrogen) atoms. The molecule has 7 aromatic carbocycles. The van der Waals surface area contributed by atoms with Crippen LogP contribution in [0.3, 0.4) is 0 Å². The Morgan fingerprint density at radius 3 is 1.92 bits per heavy atom. The van der Waals surface area contributed by atoms with E-state index in [1.54, 1.807) is 0 Å². The molecule has 0 N–H and O–H groups in total. The zero-order valence-corrected chi connectivity index (χ0v) is 29.7. The molecular formula is C48H30N2S2. The summed E-state index contributed by atoms with van der Waals surface area (Å²) in [6.07, 6.45) is 1.88. The van der Waals surface area contributed by atoms with E-state index in [0.29, 0.717) is 0 Å². The number of pyridine rings is 1. The predicted molar refractivity (Wildman–Crippen MR) is 216 cm³/mol. The molecule has 0 bridgehead atoms. The Labute approximate surface area is 310 Å². The van der Waals surface area contributed by atoms with Crippen molar-refractivity contribution in [3.8, 4) is 28.1 Å². The van der Waals surface area contributed by atoms with Crippen LogP contribution >= 0.6 is 23.5 Å². The molecule has 0 radical (unpaired) electrons. The largest absolute Gasteiger partial charge is 0.309 e. The predicted octanol–water partition coefficient (Wildman–Crippen LogP) is 12.8. The average molecular weight is 699 g/mol. The van der Waals surface area contributed by atoms with Crippen molar-refractivity contribution in [1.82, 2.24) is 9.55 Å². The summed E-state index contributed by atoms with van der Waals surface area (Å²) in [5, 5.41) is 2.52. The van der Waals surface area contributed by atoms with Gasteiger partial charge in [-0.3, -0.25) is 4.98 Å². The van der Waals surface area contributed by atoms with Gasteiger partial charge in [0, 0.05) is 53.4 Å². The Kier molecular flexibility index (Phi) is 6.67. The first kappa shape index (κ1) is 29.9. The first-order chi connectivity index (χ1) is 25.8. The van der Waals surface area contributed by atoms with Gasteiger partial charge in [0.2, 0.25) is 0 Å². The Bertz CT molecular complexity index is 2810. The van der Waals surface area contributed by atoms with Gasteiger partial charge < -0.3 is 4.57 Å². The highest BCUT2D eigenvalue weighted by molar-refractivity contribution is 8.00. The van der Waals surface area contributed by atoms with E-state index in [4.69, 9.17) is 4.98 Å². The summed E-state index contributed by atoms with van der Waals surface area (Å²) in [7, 11) is 0. The standard InChI is InChI=1S/C48H30N2S2/c1-2-14-32(15-3-1)50-42-24-7-4-16-33(42)34-17-12-18-35(46(34)50)36-19-13-22-40-47(36)52-45-30-31(41-23-10-11-29-49-41)27-28-39(45)48(40)37-20-5-8-25-43(37)51-44-26-9-6-21-38(44)48/h1-30H. The van der Waals surface area contributed by atoms with E-state index in [1.165, 1.54) is 74.8 Å². The van der Waals surface area contributed by atoms with Crippen molar-refractivity contribution in [3.63, 3.8) is 0 Å². The number of hydrogen-bond donors (Lipinski definition) is 0. The van der Waals surface area contributed by atoms with Crippen molar-refractivity contribution in [2.45, 2.75) is 25.0 Å². The van der Waals surface area contributed by atoms with E-state index < -0.39 is 5.41 Å². The molecule has 0 atom stereocenters. The number of rotatable bonds is 3. The zero-order chi connectivity index (χ0) is 34.2. The van der Waals surface area contributed by atoms with Crippen molar-refractivity contribution < 1.29 is 0 Å². The highest BCUT2D eigenvalue weighted by Gasteiger charge is 2.49. The molecule has 2 aliphatic rings. The Morgan fingerprint density at radius 1 is 0.462 bits per heavy atom. The molecule has 0 fully saturated rings. The quantitative estimate of drug-likeness (QED) is 0.183. The number of para-hydroxylation sites is 3. The second-order valence-electron chi connectivity index (χ2n) is 13.4. The van der Waals surface area contributed by atoms with Gasteiger partial charge in [0.1, 0.15) is 0 Å². The van der Waals surface area contributed by atoms with Gasteiger partial charge >= 0.3 is 0 Å². The second-order valence-corrected chi connectivity index (χ2v) is 15.6. The maximum Gasteiger partial charge on any atom is 0.0745 e. The second kappa shape index (κ2) is 11.6. The summed E-state index contributed by atoms with van der Waals surface area (Å²) in [5.41, 5.74) is 13.0. The van der Waals surface area contributed by atoms with Crippen LogP contribution in [0.25, 0.3) is 49.9 Å². The molecule has 2 aromatic heterocycles. The normalized spacial score (nSPS) is 13.8. The van der Waals surface area contributed by atoms with Crippen LogP contribution in [0.4, 0.5) is 0 Å². The topological polar surface area (TPSA) is 17.8 Å². The van der Waals surface area contributed by atoms with E-state index in [-0.39, 0.29) is 0 Å². The van der Waals surface area contributed by atoms with Crippen LogP contribution in [0, 0.1) is 0 Å². The summed E-state index contributed by atoms with van der Waals surface area (Å²) in [6, 6.07) is 64.7. The van der Waals surface area contributed by atoms with Crippen molar-refractivity contribution in [1.29, 1.82) is 0 Å². The first-order valence-electron chi connectivity index (χ1n) is 17.6. The van der Waals surface area contributed by atoms with Crippen LogP contribution in [-0.2, 0) is 5.41 Å². The van der Waals surface area contributed by atoms with Gasteiger partial charge in [-0.1, -0.05) is 151 Å². The van der Waals surface area contributed by atoms with Crippen molar-refractivity contribution in [3.05, 3.63) is 204 Å². The minimum atomic E-state index is -0.507. The molecule has 1 spiro atoms. The van der Waals surface area contributed by atoms with Gasteiger partial charge in [0.05, 0.1) is 22.1 Å². The van der Waals surface area contributed by atoms with Crippen molar-refractivity contribution in [2.24, 2.45) is 0 Å². The Hall–Kier alpha value is -5.81. The summed E-state index contributed by atoms with van der Waals surface area (Å²) >= 11 is 3.79. The lowest BCUT2D eigenvalue weighted by atomic mass is 9.64. The molecule has 9 aromatic rings. The molecular weight excluding hydrogens is 669 g/mol. The van der Waals surface area contributed by atoms with E-state index in [0.717, 1.165) is 16.9 Å². The fourth-order valence-corrected chi connectivity index (χ4v) is 11.2. The summed E-state index contributed by atoms with van der Waals surface area (Å²) in [5.74, 6) is 0. The molecule has 0 aliphatic carbocycles. The third kappa shape index (κ3) is 4.19. The van der Waals surface area contributed by atoms with Crippen LogP contribution < -0.4 is 0 Å². The van der Waals surface area contributed by atoms with Gasteiger partial charge in [-0.25, -0.2) is 0 Å². The van der Waals surface area contributed by atoms with Crippen LogP contribution in [-0.4, -0.2) is 9.55 Å². The SMILES string of the molecule is c1ccc(-n2c3ccccc3c3cccc(-c4cccc5c4Sc4cc(-c6ccccn6)ccc4C54c5ccccc5Sc5ccccc54)c32)cc1. The number of nitrogens with zero attached hydrogens (tertiary/aromatic N) is 2. The van der Waals surface area contributed by atoms with E-state index in [9.17, 15) is 0 Å². The summed E-state index contributed by atoms with van der Waals surface area (Å²) in [6.45, 7) is 0. The van der Waals surface area contributed by atoms with Gasteiger partial charge in [-0.2, -0.15) is 0 Å². The summed E-state index contributed by atoms with van der Waals surface area (Å²) < 4.78 is 2.46. The van der Waals surface area contributed by atoms with Crippen LogP contribution in [0.2, 0.25) is 0 Å². The lowest BCUT2D eigenvalue weighted by molar-refractivity contribution is 0.668. The number of fused-ring (bicyclic) bond motifs is 11. The molecule has 244 valence electrons. The Morgan fingerprint density at radius 2 is 1.12 bits per heavy atom. The third-order valence-electron chi connectivity index (χ3n) is 10.8. The smallest absolute Gasteiger partial charge is 0.0745 e. The van der Waals surface area contributed by atoms with E-state index in [1.807, 2.05) is 35.8 Å². The van der Waals surface area contributed by atoms with Crippen molar-refractivity contribution >= 4 is 45.3 Å². The van der Waals surface area contributed by atoms with E-state index in [2.05, 4.69) is 174 Å². The molecule has 0 saturated carbocycles. The van der Waals surface area contributed by atoms with Crippen LogP contribution in [0.5, 0.6) is 0 Å². The minimum absolute atomic E-state index is 0.507. The molecule has 2 nitrogen and oxygen atoms in total. The van der Waals surface area contributed by atoms with E-state index >= 15 is 0 Å². The van der Waals surface area contributed by atoms with Gasteiger partial charge in [0.25, 0.3) is 0 Å². The highest BCUT2D eigenvalue weighted by Crippen LogP contribution is 2.63. The Balaban J connectivity index is 1.27. The highest BCUT2D eigenvalue weighted by atomic mass is 32.2. The molecule has 11 rings (SSSR count). The molecule has 2 aliphatic heterocycles. The lowest BCUT2D eigenvalue weighted by Crippen LogP contribution is -2.36. The van der Waals surface area contributed by atoms with Gasteiger partial charge in [-0.15, -0.1) is 0 Å². The fraction of sp³-hybridized carbons (Fsp3) is 0.0208. The number of aromatic nitrogens is 2. The molecule has 0 saturated heterocycles. The van der Waals surface area contributed by atoms with Crippen LogP contribution in [0.15, 0.2) is 202 Å². The molecule has 4 heteroatoms. The van der Waals surface area contributed by atoms with Gasteiger partial charge in [-0.05, 0) is 76.3 Å². The van der Waals surface area contributed by atoms with Crippen LogP contribution in [0.1, 0.15) is 22.3 Å². The maximum atomic E-state index is 4.76. The number of benzene rings is 7. The average Bonchev–Trinajstić information content (AvgIpc) is 3.56. The summed E-state index contributed by atoms with van der Waals surface area (Å²) in [4.78, 5) is 9.92. The molecule has 0 amide bonds. The third-order valence-corrected chi connectivity index (χ3v) is 13.1.